The largest absolute Gasteiger partial charge is 0.486 e. The van der Waals surface area contributed by atoms with Crippen LogP contribution in [0, 0.1) is 0 Å². The van der Waals surface area contributed by atoms with Crippen LogP contribution in [0.3, 0.4) is 0 Å². The molecule has 1 N–H and O–H groups in total. The first-order valence-corrected chi connectivity index (χ1v) is 10.6. The summed E-state index contributed by atoms with van der Waals surface area (Å²) in [6.45, 7) is 3.28. The first-order chi connectivity index (χ1) is 14.8. The number of piperidine rings is 1. The van der Waals surface area contributed by atoms with Gasteiger partial charge >= 0.3 is 0 Å². The predicted octanol–water partition coefficient (Wildman–Crippen LogP) is 4.14. The van der Waals surface area contributed by atoms with Crippen LogP contribution in [0.5, 0.6) is 5.75 Å². The van der Waals surface area contributed by atoms with E-state index in [4.69, 9.17) is 21.3 Å². The highest BCUT2D eigenvalue weighted by atomic mass is 35.5. The summed E-state index contributed by atoms with van der Waals surface area (Å²) in [5.41, 5.74) is 2.23. The number of nitrogens with zero attached hydrogens (tertiary/aromatic N) is 5. The van der Waals surface area contributed by atoms with E-state index in [-0.39, 0.29) is 0 Å². The van der Waals surface area contributed by atoms with E-state index in [2.05, 4.69) is 37.2 Å². The Kier molecular flexibility index (Phi) is 5.27. The number of hydrogen-bond donors (Lipinski definition) is 1. The molecule has 0 saturated carbocycles. The maximum atomic E-state index is 6.03. The van der Waals surface area contributed by atoms with Gasteiger partial charge in [-0.1, -0.05) is 29.8 Å². The number of hydrogen-bond acceptors (Lipinski definition) is 7. The zero-order chi connectivity index (χ0) is 20.3. The smallest absolute Gasteiger partial charge is 0.225 e. The van der Waals surface area contributed by atoms with Crippen LogP contribution in [0.25, 0.3) is 0 Å². The lowest BCUT2D eigenvalue weighted by Crippen LogP contribution is -2.39. The molecule has 2 aromatic heterocycles. The highest BCUT2D eigenvalue weighted by Gasteiger charge is 2.24. The second-order valence-corrected chi connectivity index (χ2v) is 7.85. The van der Waals surface area contributed by atoms with Crippen molar-refractivity contribution in [2.24, 2.45) is 0 Å². The molecule has 0 spiro atoms. The van der Waals surface area contributed by atoms with Crippen molar-refractivity contribution in [1.29, 1.82) is 0 Å². The van der Waals surface area contributed by atoms with Crippen molar-refractivity contribution in [2.75, 3.05) is 41.4 Å². The summed E-state index contributed by atoms with van der Waals surface area (Å²) in [5, 5.41) is 4.05. The van der Waals surface area contributed by atoms with Gasteiger partial charge in [0.1, 0.15) is 11.8 Å². The standard InChI is InChI=1S/C22H23ClN6O/c23-20-14-18(6-9-24-20)28-10-7-16(8-11-28)26-22-25-15-19-21(27-22)29(12-13-30-19)17-4-2-1-3-5-17/h1-6,9,14-16H,7-8,10-13H2,(H,25,26,27). The van der Waals surface area contributed by atoms with Gasteiger partial charge in [-0.15, -0.1) is 0 Å². The molecule has 30 heavy (non-hydrogen) atoms. The topological polar surface area (TPSA) is 66.4 Å². The van der Waals surface area contributed by atoms with Crippen molar-refractivity contribution in [1.82, 2.24) is 15.0 Å². The van der Waals surface area contributed by atoms with Crippen molar-refractivity contribution >= 4 is 34.7 Å². The van der Waals surface area contributed by atoms with Crippen molar-refractivity contribution < 1.29 is 4.74 Å². The maximum Gasteiger partial charge on any atom is 0.225 e. The molecule has 0 amide bonds. The third-order valence-electron chi connectivity index (χ3n) is 5.54. The van der Waals surface area contributed by atoms with Crippen LogP contribution in [-0.4, -0.2) is 47.2 Å². The van der Waals surface area contributed by atoms with Crippen LogP contribution in [-0.2, 0) is 0 Å². The molecule has 8 heteroatoms. The fourth-order valence-electron chi connectivity index (χ4n) is 3.99. The second-order valence-electron chi connectivity index (χ2n) is 7.46. The van der Waals surface area contributed by atoms with Crippen molar-refractivity contribution in [2.45, 2.75) is 18.9 Å². The number of aromatic nitrogens is 3. The minimum Gasteiger partial charge on any atom is -0.486 e. The number of pyridine rings is 1. The number of nitrogens with one attached hydrogen (secondary N) is 1. The first-order valence-electron chi connectivity index (χ1n) is 10.2. The molecule has 7 nitrogen and oxygen atoms in total. The van der Waals surface area contributed by atoms with Gasteiger partial charge in [0.2, 0.25) is 5.95 Å². The molecule has 0 radical (unpaired) electrons. The molecular weight excluding hydrogens is 400 g/mol. The molecule has 1 saturated heterocycles. The predicted molar refractivity (Wildman–Crippen MR) is 119 cm³/mol. The van der Waals surface area contributed by atoms with Gasteiger partial charge in [-0.2, -0.15) is 4.98 Å². The van der Waals surface area contributed by atoms with Crippen LogP contribution in [0.4, 0.5) is 23.1 Å². The lowest BCUT2D eigenvalue weighted by molar-refractivity contribution is 0.310. The Balaban J connectivity index is 1.27. The molecule has 2 aliphatic heterocycles. The molecule has 2 aliphatic rings. The number of rotatable bonds is 4. The number of benzene rings is 1. The average Bonchev–Trinajstić information content (AvgIpc) is 2.80. The lowest BCUT2D eigenvalue weighted by atomic mass is 10.0. The van der Waals surface area contributed by atoms with Crippen LogP contribution in [0.1, 0.15) is 12.8 Å². The minimum atomic E-state index is 0.325. The fourth-order valence-corrected chi connectivity index (χ4v) is 4.16. The number of halogens is 1. The monoisotopic (exact) mass is 422 g/mol. The van der Waals surface area contributed by atoms with E-state index in [0.717, 1.165) is 55.4 Å². The van der Waals surface area contributed by atoms with Crippen molar-refractivity contribution in [3.63, 3.8) is 0 Å². The minimum absolute atomic E-state index is 0.325. The molecule has 4 heterocycles. The Morgan fingerprint density at radius 2 is 1.83 bits per heavy atom. The van der Waals surface area contributed by atoms with E-state index < -0.39 is 0 Å². The zero-order valence-corrected chi connectivity index (χ0v) is 17.3. The number of ether oxygens (including phenoxy) is 1. The van der Waals surface area contributed by atoms with Gasteiger partial charge in [0.15, 0.2) is 11.6 Å². The van der Waals surface area contributed by atoms with E-state index in [9.17, 15) is 0 Å². The van der Waals surface area contributed by atoms with Crippen LogP contribution in [0.2, 0.25) is 5.15 Å². The Bertz CT molecular complexity index is 1010. The summed E-state index contributed by atoms with van der Waals surface area (Å²) in [6.07, 6.45) is 5.52. The SMILES string of the molecule is Clc1cc(N2CCC(Nc3ncc4c(n3)N(c3ccccc3)CCO4)CC2)ccn1. The Morgan fingerprint density at radius 3 is 2.63 bits per heavy atom. The molecule has 0 atom stereocenters. The normalized spacial score (nSPS) is 16.7. The van der Waals surface area contributed by atoms with Gasteiger partial charge in [-0.25, -0.2) is 9.97 Å². The third-order valence-corrected chi connectivity index (χ3v) is 5.74. The third kappa shape index (κ3) is 3.98. The highest BCUT2D eigenvalue weighted by molar-refractivity contribution is 6.29. The summed E-state index contributed by atoms with van der Waals surface area (Å²) in [6, 6.07) is 14.5. The van der Waals surface area contributed by atoms with Gasteiger partial charge < -0.3 is 19.9 Å². The van der Waals surface area contributed by atoms with Crippen LogP contribution < -0.4 is 19.9 Å². The van der Waals surface area contributed by atoms with Gasteiger partial charge in [-0.05, 0) is 37.1 Å². The van der Waals surface area contributed by atoms with E-state index in [1.165, 1.54) is 0 Å². The van der Waals surface area contributed by atoms with E-state index in [1.807, 2.05) is 30.3 Å². The molecule has 0 unspecified atom stereocenters. The Morgan fingerprint density at radius 1 is 1.00 bits per heavy atom. The molecule has 0 aliphatic carbocycles. The number of fused-ring (bicyclic) bond motifs is 1. The molecule has 1 fully saturated rings. The lowest BCUT2D eigenvalue weighted by Gasteiger charge is -2.34. The second kappa shape index (κ2) is 8.36. The first kappa shape index (κ1) is 18.9. The van der Waals surface area contributed by atoms with Gasteiger partial charge in [0.05, 0.1) is 12.7 Å². The fraction of sp³-hybridized carbons (Fsp3) is 0.318. The highest BCUT2D eigenvalue weighted by Crippen LogP contribution is 2.35. The maximum absolute atomic E-state index is 6.03. The molecule has 154 valence electrons. The summed E-state index contributed by atoms with van der Waals surface area (Å²) >= 11 is 6.03. The van der Waals surface area contributed by atoms with E-state index >= 15 is 0 Å². The summed E-state index contributed by atoms with van der Waals surface area (Å²) < 4.78 is 5.78. The Labute approximate surface area is 180 Å². The summed E-state index contributed by atoms with van der Waals surface area (Å²) in [7, 11) is 0. The van der Waals surface area contributed by atoms with Crippen molar-refractivity contribution in [3.05, 3.63) is 60.0 Å². The van der Waals surface area contributed by atoms with Gasteiger partial charge in [0, 0.05) is 36.7 Å². The van der Waals surface area contributed by atoms with E-state index in [1.54, 1.807) is 12.4 Å². The van der Waals surface area contributed by atoms with Crippen LogP contribution >= 0.6 is 11.6 Å². The quantitative estimate of drug-likeness (QED) is 0.634. The zero-order valence-electron chi connectivity index (χ0n) is 16.5. The average molecular weight is 423 g/mol. The van der Waals surface area contributed by atoms with Gasteiger partial charge in [0.25, 0.3) is 0 Å². The molecular formula is C22H23ClN6O. The number of para-hydroxylation sites is 1. The van der Waals surface area contributed by atoms with E-state index in [0.29, 0.717) is 23.8 Å². The Hall–Kier alpha value is -3.06. The molecule has 5 rings (SSSR count). The molecule has 0 bridgehead atoms. The van der Waals surface area contributed by atoms with Crippen molar-refractivity contribution in [3.8, 4) is 5.75 Å². The number of anilines is 4. The summed E-state index contributed by atoms with van der Waals surface area (Å²) in [5.74, 6) is 2.18. The summed E-state index contributed by atoms with van der Waals surface area (Å²) in [4.78, 5) is 17.9. The molecule has 1 aromatic carbocycles. The van der Waals surface area contributed by atoms with Gasteiger partial charge in [-0.3, -0.25) is 0 Å². The van der Waals surface area contributed by atoms with Crippen LogP contribution in [0.15, 0.2) is 54.9 Å². The molecule has 3 aromatic rings.